The number of para-hydroxylation sites is 1. The average molecular weight is 871 g/mol. The standard InChI is InChI=1S/C64H58N2O/c1-6-20-41(21-7-1)58-59(42-22-8-2-9-23-42)66-61(60(65-58)43-24-10-3-11-25-43)48-29-18-28-47-50-38-44(32-33-56(50)67-62(47)48)45-27-19-31-53-57(45)51-40-54-49(39-55(51)64(53)36-16-5-17-37-64)46-26-12-13-30-52(46)63(54)34-14-4-15-35-63/h1,3,6-8,10-13,18-22,24-33,38-40,42,58-59,65-66H,2,4-5,9,14-17,23,34-37H2. The minimum absolute atomic E-state index is 0.0581. The lowest BCUT2D eigenvalue weighted by atomic mass is 9.66. The van der Waals surface area contributed by atoms with Gasteiger partial charge in [0, 0.05) is 27.2 Å². The van der Waals surface area contributed by atoms with E-state index in [0.29, 0.717) is 5.92 Å². The molecule has 3 nitrogen and oxygen atoms in total. The summed E-state index contributed by atoms with van der Waals surface area (Å²) in [5.74, 6) is 0.395. The molecule has 67 heavy (non-hydrogen) atoms. The number of allylic oxidation sites excluding steroid dienone is 1. The molecule has 3 atom stereocenters. The SMILES string of the molecule is C1=CC(C2NC(c3cccc4c3oc3ccc(-c5cccc6c5-c5cc7c(cc5C65CCCCC5)-c5ccccc5C75CCCCC5)cc34)=C(c3ccccc3)NC2c2ccccc2)CCC1. The molecule has 2 fully saturated rings. The van der Waals surface area contributed by atoms with Crippen LogP contribution in [0.3, 0.4) is 0 Å². The van der Waals surface area contributed by atoms with Crippen molar-refractivity contribution in [2.45, 2.75) is 106 Å². The van der Waals surface area contributed by atoms with Crippen molar-refractivity contribution in [1.82, 2.24) is 10.6 Å². The van der Waals surface area contributed by atoms with Crippen molar-refractivity contribution >= 4 is 33.3 Å². The number of hydrogen-bond acceptors (Lipinski definition) is 3. The predicted molar refractivity (Wildman–Crippen MR) is 277 cm³/mol. The Balaban J connectivity index is 0.934. The van der Waals surface area contributed by atoms with Gasteiger partial charge in [-0.05, 0) is 148 Å². The van der Waals surface area contributed by atoms with Crippen LogP contribution in [0.25, 0.3) is 66.7 Å². The van der Waals surface area contributed by atoms with Crippen LogP contribution in [0.2, 0.25) is 0 Å². The second-order valence-corrected chi connectivity index (χ2v) is 20.8. The van der Waals surface area contributed by atoms with Gasteiger partial charge in [0.05, 0.1) is 23.5 Å². The number of benzene rings is 7. The van der Waals surface area contributed by atoms with Crippen molar-refractivity contribution < 1.29 is 4.42 Å². The fourth-order valence-electron chi connectivity index (χ4n) is 14.4. The minimum Gasteiger partial charge on any atom is -0.455 e. The van der Waals surface area contributed by atoms with Crippen LogP contribution in [-0.4, -0.2) is 6.04 Å². The highest BCUT2D eigenvalue weighted by Crippen LogP contribution is 2.63. The lowest BCUT2D eigenvalue weighted by Crippen LogP contribution is -2.49. The Bertz CT molecular complexity index is 3300. The molecule has 0 saturated heterocycles. The summed E-state index contributed by atoms with van der Waals surface area (Å²) < 4.78 is 7.07. The first kappa shape index (κ1) is 39.6. The van der Waals surface area contributed by atoms with Crippen molar-refractivity contribution in [1.29, 1.82) is 0 Å². The zero-order valence-corrected chi connectivity index (χ0v) is 38.4. The van der Waals surface area contributed by atoms with Crippen LogP contribution in [0, 0.1) is 5.92 Å². The number of fused-ring (bicyclic) bond motifs is 13. The average Bonchev–Trinajstić information content (AvgIpc) is 4.00. The van der Waals surface area contributed by atoms with Crippen LogP contribution in [0.1, 0.15) is 128 Å². The Kier molecular flexibility index (Phi) is 9.15. The molecule has 3 heteroatoms. The summed E-state index contributed by atoms with van der Waals surface area (Å²) in [6.07, 6.45) is 21.2. The van der Waals surface area contributed by atoms with Gasteiger partial charge in [0.15, 0.2) is 0 Å². The Morgan fingerprint density at radius 2 is 1.13 bits per heavy atom. The highest BCUT2D eigenvalue weighted by Gasteiger charge is 2.49. The molecular formula is C64H58N2O. The molecule has 3 unspecified atom stereocenters. The minimum atomic E-state index is 0.0581. The molecule has 0 radical (unpaired) electrons. The molecule has 2 heterocycles. The Labute approximate surface area is 395 Å². The third-order valence-electron chi connectivity index (χ3n) is 17.5. The van der Waals surface area contributed by atoms with Crippen LogP contribution in [0.5, 0.6) is 0 Å². The summed E-state index contributed by atoms with van der Waals surface area (Å²) in [4.78, 5) is 0. The summed E-state index contributed by atoms with van der Waals surface area (Å²) >= 11 is 0. The Morgan fingerprint density at radius 3 is 1.93 bits per heavy atom. The van der Waals surface area contributed by atoms with Gasteiger partial charge in [-0.15, -0.1) is 0 Å². The van der Waals surface area contributed by atoms with E-state index < -0.39 is 0 Å². The maximum atomic E-state index is 7.07. The lowest BCUT2D eigenvalue weighted by Gasteiger charge is -2.42. The summed E-state index contributed by atoms with van der Waals surface area (Å²) in [5.41, 5.74) is 22.7. The van der Waals surface area contributed by atoms with Gasteiger partial charge in [0.2, 0.25) is 0 Å². The smallest absolute Gasteiger partial charge is 0.144 e. The first-order valence-corrected chi connectivity index (χ1v) is 25.6. The first-order chi connectivity index (χ1) is 33.2. The van der Waals surface area contributed by atoms with Crippen LogP contribution >= 0.6 is 0 Å². The fraction of sp³-hybridized carbons (Fsp3) is 0.281. The van der Waals surface area contributed by atoms with Crippen LogP contribution in [0.15, 0.2) is 168 Å². The van der Waals surface area contributed by atoms with Crippen molar-refractivity contribution in [2.24, 2.45) is 5.92 Å². The second-order valence-electron chi connectivity index (χ2n) is 20.8. The van der Waals surface area contributed by atoms with E-state index in [1.165, 1.54) is 115 Å². The molecule has 1 aliphatic heterocycles. The van der Waals surface area contributed by atoms with Crippen molar-refractivity contribution in [3.05, 3.63) is 203 Å². The van der Waals surface area contributed by atoms with Gasteiger partial charge in [0.25, 0.3) is 0 Å². The largest absolute Gasteiger partial charge is 0.455 e. The molecular weight excluding hydrogens is 813 g/mol. The van der Waals surface area contributed by atoms with E-state index in [2.05, 4.69) is 174 Å². The molecule has 0 amide bonds. The predicted octanol–water partition coefficient (Wildman–Crippen LogP) is 16.2. The van der Waals surface area contributed by atoms with Gasteiger partial charge < -0.3 is 15.1 Å². The third kappa shape index (κ3) is 5.95. The molecule has 2 spiro atoms. The zero-order valence-electron chi connectivity index (χ0n) is 38.4. The molecule has 6 aliphatic rings. The van der Waals surface area contributed by atoms with Gasteiger partial charge in [0.1, 0.15) is 11.2 Å². The van der Waals surface area contributed by atoms with Gasteiger partial charge in [-0.2, -0.15) is 0 Å². The monoisotopic (exact) mass is 870 g/mol. The third-order valence-corrected chi connectivity index (χ3v) is 17.5. The number of hydrogen-bond donors (Lipinski definition) is 2. The highest BCUT2D eigenvalue weighted by molar-refractivity contribution is 6.11. The van der Waals surface area contributed by atoms with Crippen LogP contribution in [0.4, 0.5) is 0 Å². The number of furan rings is 1. The Hall–Kier alpha value is -6.58. The fourth-order valence-corrected chi connectivity index (χ4v) is 14.4. The molecule has 330 valence electrons. The molecule has 14 rings (SSSR count). The molecule has 1 aromatic heterocycles. The van der Waals surface area contributed by atoms with E-state index in [9.17, 15) is 0 Å². The molecule has 7 aromatic carbocycles. The number of nitrogens with one attached hydrogen (secondary N) is 2. The van der Waals surface area contributed by atoms with Crippen LogP contribution < -0.4 is 10.6 Å². The van der Waals surface area contributed by atoms with E-state index >= 15 is 0 Å². The molecule has 0 bridgehead atoms. The van der Waals surface area contributed by atoms with Crippen molar-refractivity contribution in [2.75, 3.05) is 0 Å². The van der Waals surface area contributed by atoms with E-state index in [4.69, 9.17) is 4.42 Å². The zero-order chi connectivity index (χ0) is 44.1. The van der Waals surface area contributed by atoms with Crippen molar-refractivity contribution in [3.63, 3.8) is 0 Å². The topological polar surface area (TPSA) is 37.2 Å². The van der Waals surface area contributed by atoms with E-state index in [1.807, 2.05) is 0 Å². The highest BCUT2D eigenvalue weighted by atomic mass is 16.3. The summed E-state index contributed by atoms with van der Waals surface area (Å²) in [5, 5.41) is 10.7. The van der Waals surface area contributed by atoms with Gasteiger partial charge >= 0.3 is 0 Å². The van der Waals surface area contributed by atoms with E-state index in [1.54, 1.807) is 22.3 Å². The van der Waals surface area contributed by atoms with E-state index in [0.717, 1.165) is 51.9 Å². The van der Waals surface area contributed by atoms with Gasteiger partial charge in [-0.3, -0.25) is 0 Å². The molecule has 8 aromatic rings. The summed E-state index contributed by atoms with van der Waals surface area (Å²) in [6.45, 7) is 0. The number of rotatable bonds is 5. The normalized spacial score (nSPS) is 22.1. The Morgan fingerprint density at radius 1 is 0.463 bits per heavy atom. The van der Waals surface area contributed by atoms with Gasteiger partial charge in [-0.25, -0.2) is 0 Å². The maximum Gasteiger partial charge on any atom is 0.144 e. The maximum absolute atomic E-state index is 7.07. The van der Waals surface area contributed by atoms with Gasteiger partial charge in [-0.1, -0.05) is 172 Å². The molecule has 2 saturated carbocycles. The quantitative estimate of drug-likeness (QED) is 0.169. The van der Waals surface area contributed by atoms with E-state index in [-0.39, 0.29) is 22.9 Å². The summed E-state index contributed by atoms with van der Waals surface area (Å²) in [6, 6.07) is 58.1. The first-order valence-electron chi connectivity index (χ1n) is 25.6. The second kappa shape index (κ2) is 15.5. The summed E-state index contributed by atoms with van der Waals surface area (Å²) in [7, 11) is 0. The lowest BCUT2D eigenvalue weighted by molar-refractivity contribution is 0.331. The van der Waals surface area contributed by atoms with Crippen molar-refractivity contribution in [3.8, 4) is 33.4 Å². The molecule has 5 aliphatic carbocycles. The van der Waals surface area contributed by atoms with Crippen LogP contribution in [-0.2, 0) is 10.8 Å². The molecule has 2 N–H and O–H groups in total.